The Bertz CT molecular complexity index is 861. The van der Waals surface area contributed by atoms with E-state index in [1.807, 2.05) is 55.6 Å². The maximum absolute atomic E-state index is 12.1. The van der Waals surface area contributed by atoms with Crippen molar-refractivity contribution < 1.29 is 4.79 Å². The number of rotatable bonds is 7. The van der Waals surface area contributed by atoms with E-state index in [1.54, 1.807) is 6.20 Å². The molecule has 2 amide bonds. The maximum Gasteiger partial charge on any atom is 0.315 e. The van der Waals surface area contributed by atoms with Crippen LogP contribution in [0.5, 0.6) is 0 Å². The fourth-order valence-electron chi connectivity index (χ4n) is 2.86. The summed E-state index contributed by atoms with van der Waals surface area (Å²) in [6.07, 6.45) is 4.45. The quantitative estimate of drug-likeness (QED) is 0.591. The third-order valence-corrected chi connectivity index (χ3v) is 4.88. The number of urea groups is 1. The van der Waals surface area contributed by atoms with Crippen LogP contribution in [0.25, 0.3) is 0 Å². The summed E-state index contributed by atoms with van der Waals surface area (Å²) in [6.45, 7) is 3.28. The molecule has 1 aromatic heterocycles. The number of nitrogens with zero attached hydrogens (tertiary/aromatic N) is 2. The lowest BCUT2D eigenvalue weighted by Crippen LogP contribution is -2.38. The Morgan fingerprint density at radius 1 is 1.15 bits per heavy atom. The number of halogens is 1. The zero-order valence-corrected chi connectivity index (χ0v) is 16.8. The fraction of sp³-hybridized carbons (Fsp3) is 0.238. The number of aromatic nitrogens is 2. The molecule has 0 radical (unpaired) electrons. The molecule has 2 N–H and O–H groups in total. The molecular formula is C21H23BrN4O. The van der Waals surface area contributed by atoms with Gasteiger partial charge in [0.25, 0.3) is 0 Å². The second-order valence-electron chi connectivity index (χ2n) is 6.38. The van der Waals surface area contributed by atoms with E-state index >= 15 is 0 Å². The lowest BCUT2D eigenvalue weighted by Gasteiger charge is -2.15. The summed E-state index contributed by atoms with van der Waals surface area (Å²) in [7, 11) is 0. The molecule has 2 aromatic carbocycles. The second kappa shape index (κ2) is 9.37. The summed E-state index contributed by atoms with van der Waals surface area (Å²) in [5, 5.41) is 5.87. The van der Waals surface area contributed by atoms with Crippen LogP contribution in [0.3, 0.4) is 0 Å². The number of amides is 2. The van der Waals surface area contributed by atoms with Gasteiger partial charge in [-0.15, -0.1) is 0 Å². The van der Waals surface area contributed by atoms with Gasteiger partial charge in [-0.1, -0.05) is 58.4 Å². The molecule has 27 heavy (non-hydrogen) atoms. The molecule has 0 bridgehead atoms. The van der Waals surface area contributed by atoms with Crippen molar-refractivity contribution in [1.82, 2.24) is 20.2 Å². The number of carbonyl (C=O) groups is 1. The summed E-state index contributed by atoms with van der Waals surface area (Å²) in [5.41, 5.74) is 2.29. The Hall–Kier alpha value is -2.60. The minimum absolute atomic E-state index is 0.0573. The van der Waals surface area contributed by atoms with Gasteiger partial charge in [0.15, 0.2) is 0 Å². The highest BCUT2D eigenvalue weighted by atomic mass is 79.9. The van der Waals surface area contributed by atoms with Crippen LogP contribution in [-0.4, -0.2) is 22.1 Å². The first-order valence-corrected chi connectivity index (χ1v) is 9.75. The molecule has 1 unspecified atom stereocenters. The van der Waals surface area contributed by atoms with Crippen LogP contribution in [0.15, 0.2) is 71.5 Å². The van der Waals surface area contributed by atoms with Crippen LogP contribution < -0.4 is 10.6 Å². The molecule has 140 valence electrons. The average Bonchev–Trinajstić information content (AvgIpc) is 3.10. The Morgan fingerprint density at radius 3 is 2.63 bits per heavy atom. The van der Waals surface area contributed by atoms with Gasteiger partial charge in [0.1, 0.15) is 5.82 Å². The van der Waals surface area contributed by atoms with E-state index in [4.69, 9.17) is 0 Å². The number of hydrogen-bond donors (Lipinski definition) is 2. The zero-order valence-electron chi connectivity index (χ0n) is 15.2. The molecule has 0 fully saturated rings. The zero-order chi connectivity index (χ0) is 19.1. The highest BCUT2D eigenvalue weighted by molar-refractivity contribution is 9.10. The van der Waals surface area contributed by atoms with Gasteiger partial charge < -0.3 is 15.2 Å². The summed E-state index contributed by atoms with van der Waals surface area (Å²) in [6, 6.07) is 18.0. The monoisotopic (exact) mass is 426 g/mol. The lowest BCUT2D eigenvalue weighted by atomic mass is 10.1. The Morgan fingerprint density at radius 2 is 1.89 bits per heavy atom. The Balaban J connectivity index is 1.46. The van der Waals surface area contributed by atoms with E-state index in [-0.39, 0.29) is 12.1 Å². The molecule has 0 aliphatic rings. The molecule has 1 heterocycles. The van der Waals surface area contributed by atoms with E-state index in [0.29, 0.717) is 13.0 Å². The van der Waals surface area contributed by atoms with Crippen molar-refractivity contribution in [3.8, 4) is 0 Å². The summed E-state index contributed by atoms with van der Waals surface area (Å²) >= 11 is 3.42. The van der Waals surface area contributed by atoms with Crippen molar-refractivity contribution in [2.45, 2.75) is 25.9 Å². The number of benzene rings is 2. The normalized spacial score (nSPS) is 11.8. The SMILES string of the molecule is CC(NC(=O)NCCc1nccn1Cc1ccccc1)c1ccc(Br)cc1. The fourth-order valence-corrected chi connectivity index (χ4v) is 3.13. The second-order valence-corrected chi connectivity index (χ2v) is 7.30. The van der Waals surface area contributed by atoms with E-state index in [0.717, 1.165) is 22.4 Å². The van der Waals surface area contributed by atoms with Crippen molar-refractivity contribution in [3.63, 3.8) is 0 Å². The van der Waals surface area contributed by atoms with Crippen molar-refractivity contribution in [2.24, 2.45) is 0 Å². The van der Waals surface area contributed by atoms with Crippen LogP contribution in [0.4, 0.5) is 4.79 Å². The van der Waals surface area contributed by atoms with Crippen LogP contribution >= 0.6 is 15.9 Å². The summed E-state index contributed by atoms with van der Waals surface area (Å²) in [4.78, 5) is 16.6. The molecule has 0 aliphatic carbocycles. The number of imidazole rings is 1. The summed E-state index contributed by atoms with van der Waals surface area (Å²) in [5.74, 6) is 0.958. The van der Waals surface area contributed by atoms with Gasteiger partial charge in [0.2, 0.25) is 0 Å². The third-order valence-electron chi connectivity index (χ3n) is 4.35. The molecule has 0 saturated heterocycles. The molecule has 5 nitrogen and oxygen atoms in total. The van der Waals surface area contributed by atoms with E-state index in [1.165, 1.54) is 5.56 Å². The van der Waals surface area contributed by atoms with Gasteiger partial charge in [-0.3, -0.25) is 0 Å². The Kier molecular flexibility index (Phi) is 6.65. The van der Waals surface area contributed by atoms with Crippen LogP contribution in [0.2, 0.25) is 0 Å². The number of hydrogen-bond acceptors (Lipinski definition) is 2. The van der Waals surface area contributed by atoms with Crippen LogP contribution in [0, 0.1) is 0 Å². The largest absolute Gasteiger partial charge is 0.338 e. The minimum atomic E-state index is -0.174. The topological polar surface area (TPSA) is 59.0 Å². The first-order chi connectivity index (χ1) is 13.1. The molecule has 0 aliphatic heterocycles. The molecule has 6 heteroatoms. The predicted octanol–water partition coefficient (Wildman–Crippen LogP) is 4.30. The van der Waals surface area contributed by atoms with Gasteiger partial charge in [0, 0.05) is 36.4 Å². The first-order valence-electron chi connectivity index (χ1n) is 8.95. The Labute approximate surface area is 168 Å². The minimum Gasteiger partial charge on any atom is -0.338 e. The lowest BCUT2D eigenvalue weighted by molar-refractivity contribution is 0.238. The molecule has 3 rings (SSSR count). The van der Waals surface area contributed by atoms with Crippen molar-refractivity contribution in [2.75, 3.05) is 6.54 Å². The number of carbonyl (C=O) groups excluding carboxylic acids is 1. The van der Waals surface area contributed by atoms with E-state index in [9.17, 15) is 4.79 Å². The van der Waals surface area contributed by atoms with Gasteiger partial charge in [-0.25, -0.2) is 9.78 Å². The van der Waals surface area contributed by atoms with Crippen molar-refractivity contribution in [3.05, 3.63) is 88.4 Å². The van der Waals surface area contributed by atoms with Crippen LogP contribution in [0.1, 0.15) is 29.9 Å². The van der Waals surface area contributed by atoms with Gasteiger partial charge >= 0.3 is 6.03 Å². The van der Waals surface area contributed by atoms with Gasteiger partial charge in [-0.2, -0.15) is 0 Å². The van der Waals surface area contributed by atoms with Gasteiger partial charge in [-0.05, 0) is 30.2 Å². The van der Waals surface area contributed by atoms with Crippen LogP contribution in [-0.2, 0) is 13.0 Å². The standard InChI is InChI=1S/C21H23BrN4O/c1-16(18-7-9-19(22)10-8-18)25-21(27)24-12-11-20-23-13-14-26(20)15-17-5-3-2-4-6-17/h2-10,13-14,16H,11-12,15H2,1H3,(H2,24,25,27). The molecule has 1 atom stereocenters. The van der Waals surface area contributed by atoms with Crippen molar-refractivity contribution in [1.29, 1.82) is 0 Å². The molecule has 3 aromatic rings. The highest BCUT2D eigenvalue weighted by Crippen LogP contribution is 2.16. The van der Waals surface area contributed by atoms with Crippen molar-refractivity contribution >= 4 is 22.0 Å². The third kappa shape index (κ3) is 5.69. The predicted molar refractivity (Wildman–Crippen MR) is 111 cm³/mol. The number of nitrogens with one attached hydrogen (secondary N) is 2. The highest BCUT2D eigenvalue weighted by Gasteiger charge is 2.10. The smallest absolute Gasteiger partial charge is 0.315 e. The molecule has 0 saturated carbocycles. The van der Waals surface area contributed by atoms with E-state index < -0.39 is 0 Å². The summed E-state index contributed by atoms with van der Waals surface area (Å²) < 4.78 is 3.13. The molecular weight excluding hydrogens is 404 g/mol. The average molecular weight is 427 g/mol. The van der Waals surface area contributed by atoms with Gasteiger partial charge in [0.05, 0.1) is 6.04 Å². The first kappa shape index (κ1) is 19.2. The molecule has 0 spiro atoms. The maximum atomic E-state index is 12.1. The van der Waals surface area contributed by atoms with E-state index in [2.05, 4.69) is 48.2 Å².